The van der Waals surface area contributed by atoms with Crippen LogP contribution in [0.5, 0.6) is 0 Å². The van der Waals surface area contributed by atoms with E-state index < -0.39 is 0 Å². The monoisotopic (exact) mass is 290 g/mol. The highest BCUT2D eigenvalue weighted by Crippen LogP contribution is 2.29. The molecule has 2 heterocycles. The van der Waals surface area contributed by atoms with E-state index in [9.17, 15) is 0 Å². The van der Waals surface area contributed by atoms with E-state index in [1.807, 2.05) is 0 Å². The molecule has 10 heteroatoms. The molecule has 18 heavy (non-hydrogen) atoms. The Bertz CT molecular complexity index is 401. The number of nitrogens with one attached hydrogen (secondary N) is 4. The van der Waals surface area contributed by atoms with Crippen LogP contribution in [0.1, 0.15) is 6.42 Å². The number of hydrogen-bond acceptors (Lipinski definition) is 6. The van der Waals surface area contributed by atoms with Gasteiger partial charge in [0, 0.05) is 6.42 Å². The summed E-state index contributed by atoms with van der Waals surface area (Å²) in [5, 5.41) is 0.299. The number of hydrogen-bond donors (Lipinski definition) is 6. The Morgan fingerprint density at radius 3 is 2.61 bits per heavy atom. The van der Waals surface area contributed by atoms with E-state index >= 15 is 0 Å². The molecule has 0 unspecified atom stereocenters. The van der Waals surface area contributed by atoms with E-state index in [0.29, 0.717) is 19.0 Å². The van der Waals surface area contributed by atoms with E-state index in [1.54, 1.807) is 0 Å². The van der Waals surface area contributed by atoms with Crippen molar-refractivity contribution in [3.05, 3.63) is 11.6 Å². The number of fused-ring (bicyclic) bond motifs is 2. The van der Waals surface area contributed by atoms with Gasteiger partial charge in [0.15, 0.2) is 16.3 Å². The van der Waals surface area contributed by atoms with Crippen LogP contribution < -0.4 is 33.2 Å². The van der Waals surface area contributed by atoms with Gasteiger partial charge in [-0.15, -0.1) is 0 Å². The molecule has 100 valence electrons. The van der Waals surface area contributed by atoms with Crippen molar-refractivity contribution in [1.82, 2.24) is 21.7 Å². The summed E-state index contributed by atoms with van der Waals surface area (Å²) >= 11 is 9.43. The van der Waals surface area contributed by atoms with Gasteiger partial charge in [0.2, 0.25) is 0 Å². The van der Waals surface area contributed by atoms with E-state index in [-0.39, 0.29) is 22.4 Å². The zero-order chi connectivity index (χ0) is 13.1. The Kier molecular flexibility index (Phi) is 3.89. The van der Waals surface area contributed by atoms with Crippen LogP contribution in [0.15, 0.2) is 11.6 Å². The molecule has 0 amide bonds. The van der Waals surface area contributed by atoms with Crippen molar-refractivity contribution in [2.75, 3.05) is 6.61 Å². The second kappa shape index (κ2) is 5.42. The number of thiocarbonyl (C=S) groups is 2. The van der Waals surface area contributed by atoms with Crippen molar-refractivity contribution in [1.29, 1.82) is 0 Å². The first-order valence-electron chi connectivity index (χ1n) is 5.21. The maximum absolute atomic E-state index is 5.57. The fourth-order valence-electron chi connectivity index (χ4n) is 1.70. The van der Waals surface area contributed by atoms with Gasteiger partial charge in [0.25, 0.3) is 0 Å². The molecule has 1 saturated heterocycles. The van der Waals surface area contributed by atoms with Crippen molar-refractivity contribution < 1.29 is 9.47 Å². The number of hydrazine groups is 2. The molecule has 1 fully saturated rings. The summed E-state index contributed by atoms with van der Waals surface area (Å²) < 4.78 is 11.0. The van der Waals surface area contributed by atoms with Crippen molar-refractivity contribution in [2.24, 2.45) is 11.5 Å². The summed E-state index contributed by atoms with van der Waals surface area (Å²) in [5.41, 5.74) is 22.5. The first kappa shape index (κ1) is 12.9. The SMILES string of the molecule is NC(=S)NNC1=C2OC[C@@H](O2)[C@@H](NNC(N)=S)C1. The molecular weight excluding hydrogens is 276 g/mol. The second-order valence-electron chi connectivity index (χ2n) is 3.79. The van der Waals surface area contributed by atoms with Crippen molar-refractivity contribution in [3.63, 3.8) is 0 Å². The van der Waals surface area contributed by atoms with Crippen molar-refractivity contribution in [3.8, 4) is 0 Å². The largest absolute Gasteiger partial charge is 0.460 e. The van der Waals surface area contributed by atoms with Gasteiger partial charge in [-0.05, 0) is 24.4 Å². The molecule has 0 spiro atoms. The van der Waals surface area contributed by atoms with Gasteiger partial charge in [-0.3, -0.25) is 16.3 Å². The smallest absolute Gasteiger partial charge is 0.301 e. The van der Waals surface area contributed by atoms with E-state index in [2.05, 4.69) is 21.7 Å². The summed E-state index contributed by atoms with van der Waals surface area (Å²) in [6, 6.07) is -0.0339. The predicted molar refractivity (Wildman–Crippen MR) is 72.4 cm³/mol. The third kappa shape index (κ3) is 3.03. The summed E-state index contributed by atoms with van der Waals surface area (Å²) in [7, 11) is 0. The molecule has 0 aliphatic carbocycles. The summed E-state index contributed by atoms with van der Waals surface area (Å²) in [5.74, 6) is 0.456. The fraction of sp³-hybridized carbons (Fsp3) is 0.500. The second-order valence-corrected chi connectivity index (χ2v) is 4.67. The van der Waals surface area contributed by atoms with Gasteiger partial charge in [-0.2, -0.15) is 0 Å². The van der Waals surface area contributed by atoms with Gasteiger partial charge < -0.3 is 20.9 Å². The lowest BCUT2D eigenvalue weighted by Crippen LogP contribution is -2.54. The lowest BCUT2D eigenvalue weighted by atomic mass is 10.1. The minimum atomic E-state index is -0.0859. The first-order valence-corrected chi connectivity index (χ1v) is 6.03. The summed E-state index contributed by atoms with van der Waals surface area (Å²) in [6.07, 6.45) is 0.544. The van der Waals surface area contributed by atoms with Gasteiger partial charge in [0.1, 0.15) is 12.3 Å². The molecule has 8 nitrogen and oxygen atoms in total. The number of nitrogens with two attached hydrogens (primary N) is 2. The van der Waals surface area contributed by atoms with Crippen molar-refractivity contribution >= 4 is 34.7 Å². The van der Waals surface area contributed by atoms with Crippen LogP contribution in [0.25, 0.3) is 0 Å². The molecular formula is C8H14N6O2S2. The Morgan fingerprint density at radius 2 is 1.94 bits per heavy atom. The standard InChI is InChI=1S/C8H14N6O2S2/c9-7(17)13-11-3-1-4(12-14-8(10)18)6-15-2-5(3)16-6/h3,5,11-12H,1-2H2,(H3,9,13,17)(H3,10,14,18)/t3-,5+/m0/s1. The highest BCUT2D eigenvalue weighted by molar-refractivity contribution is 7.80. The van der Waals surface area contributed by atoms with E-state index in [4.69, 9.17) is 45.4 Å². The molecule has 0 aromatic heterocycles. The van der Waals surface area contributed by atoms with Crippen LogP contribution in [0.2, 0.25) is 0 Å². The number of rotatable bonds is 4. The summed E-state index contributed by atoms with van der Waals surface area (Å²) in [4.78, 5) is 0. The molecule has 0 saturated carbocycles. The highest BCUT2D eigenvalue weighted by Gasteiger charge is 2.38. The predicted octanol–water partition coefficient (Wildman–Crippen LogP) is -1.98. The van der Waals surface area contributed by atoms with Crippen LogP contribution in [-0.4, -0.2) is 29.0 Å². The Morgan fingerprint density at radius 1 is 1.22 bits per heavy atom. The fourth-order valence-corrected chi connectivity index (χ4v) is 1.81. The normalized spacial score (nSPS) is 24.9. The average molecular weight is 290 g/mol. The summed E-state index contributed by atoms with van der Waals surface area (Å²) in [6.45, 7) is 0.463. The van der Waals surface area contributed by atoms with Gasteiger partial charge in [0.05, 0.1) is 6.04 Å². The average Bonchev–Trinajstić information content (AvgIpc) is 2.71. The van der Waals surface area contributed by atoms with E-state index in [0.717, 1.165) is 5.70 Å². The zero-order valence-corrected chi connectivity index (χ0v) is 11.0. The maximum atomic E-state index is 5.57. The van der Waals surface area contributed by atoms with Crippen LogP contribution in [0, 0.1) is 0 Å². The van der Waals surface area contributed by atoms with Gasteiger partial charge in [-0.25, -0.2) is 5.43 Å². The van der Waals surface area contributed by atoms with Gasteiger partial charge in [-0.1, -0.05) is 0 Å². The molecule has 2 bridgehead atoms. The molecule has 0 aromatic carbocycles. The Balaban J connectivity index is 1.96. The molecule has 2 atom stereocenters. The zero-order valence-electron chi connectivity index (χ0n) is 9.36. The lowest BCUT2D eigenvalue weighted by Gasteiger charge is -2.27. The molecule has 0 aromatic rings. The quantitative estimate of drug-likeness (QED) is 0.257. The minimum absolute atomic E-state index is 0.0339. The van der Waals surface area contributed by atoms with Crippen LogP contribution in [0.4, 0.5) is 0 Å². The van der Waals surface area contributed by atoms with Gasteiger partial charge >= 0.3 is 5.95 Å². The Hall–Kier alpha value is -1.52. The maximum Gasteiger partial charge on any atom is 0.301 e. The minimum Gasteiger partial charge on any atom is -0.460 e. The lowest BCUT2D eigenvalue weighted by molar-refractivity contribution is 0.0866. The molecule has 8 N–H and O–H groups in total. The van der Waals surface area contributed by atoms with E-state index in [1.165, 1.54) is 0 Å². The van der Waals surface area contributed by atoms with Crippen LogP contribution >= 0.6 is 24.4 Å². The molecule has 2 aliphatic heterocycles. The van der Waals surface area contributed by atoms with Crippen molar-refractivity contribution in [2.45, 2.75) is 18.6 Å². The third-order valence-corrected chi connectivity index (χ3v) is 2.68. The van der Waals surface area contributed by atoms with Crippen LogP contribution in [-0.2, 0) is 9.47 Å². The topological polar surface area (TPSA) is 119 Å². The number of ether oxygens (including phenoxy) is 2. The third-order valence-electron chi connectivity index (χ3n) is 2.47. The molecule has 2 rings (SSSR count). The Labute approximate surface area is 114 Å². The van der Waals surface area contributed by atoms with Crippen LogP contribution in [0.3, 0.4) is 0 Å². The molecule has 0 radical (unpaired) electrons. The molecule has 2 aliphatic rings. The first-order chi connectivity index (χ1) is 8.56. The highest BCUT2D eigenvalue weighted by atomic mass is 32.1.